The van der Waals surface area contributed by atoms with Gasteiger partial charge in [0, 0.05) is 26.6 Å². The summed E-state index contributed by atoms with van der Waals surface area (Å²) in [5, 5.41) is 6.57. The number of nitrogens with one attached hydrogen (secondary N) is 1. The van der Waals surface area contributed by atoms with Crippen molar-refractivity contribution >= 4 is 11.8 Å². The molecule has 3 aromatic rings. The Balaban J connectivity index is 1.45. The van der Waals surface area contributed by atoms with Gasteiger partial charge in [-0.05, 0) is 23.3 Å². The molecule has 156 valence electrons. The third kappa shape index (κ3) is 5.91. The minimum absolute atomic E-state index is 0.0236. The fourth-order valence-corrected chi connectivity index (χ4v) is 2.75. The second kappa shape index (κ2) is 10.2. The Morgan fingerprint density at radius 1 is 1.07 bits per heavy atom. The largest absolute Gasteiger partial charge is 0.497 e. The first-order valence-electron chi connectivity index (χ1n) is 9.57. The maximum Gasteiger partial charge on any atom is 0.315 e. The van der Waals surface area contributed by atoms with Crippen molar-refractivity contribution in [2.75, 3.05) is 20.7 Å². The molecule has 0 fully saturated rings. The predicted octanol–water partition coefficient (Wildman–Crippen LogP) is 2.25. The number of aromatic nitrogens is 2. The maximum atomic E-state index is 12.4. The summed E-state index contributed by atoms with van der Waals surface area (Å²) in [6.45, 7) is 0.791. The number of ether oxygens (including phenoxy) is 1. The molecular formula is C22H24N4O4. The highest BCUT2D eigenvalue weighted by atomic mass is 16.5. The van der Waals surface area contributed by atoms with Crippen LogP contribution in [0.3, 0.4) is 0 Å². The van der Waals surface area contributed by atoms with Crippen LogP contribution in [0.15, 0.2) is 59.1 Å². The molecule has 0 atom stereocenters. The van der Waals surface area contributed by atoms with Gasteiger partial charge in [-0.25, -0.2) is 0 Å². The standard InChI is InChI=1S/C22H24N4O4/c1-26(20(27)14-16-8-10-18(29-2)11-9-16)13-12-19-24-22(30-25-19)21(28)23-15-17-6-4-3-5-7-17/h3-11H,12-15H2,1-2H3,(H,23,28). The van der Waals surface area contributed by atoms with Gasteiger partial charge in [-0.1, -0.05) is 47.6 Å². The maximum absolute atomic E-state index is 12.4. The van der Waals surface area contributed by atoms with Crippen LogP contribution in [0.4, 0.5) is 0 Å². The number of likely N-dealkylation sites (N-methyl/N-ethyl adjacent to an activating group) is 1. The molecule has 8 heteroatoms. The Bertz CT molecular complexity index is 970. The van der Waals surface area contributed by atoms with Crippen LogP contribution in [0.25, 0.3) is 0 Å². The number of rotatable bonds is 9. The first-order chi connectivity index (χ1) is 14.5. The number of amides is 2. The highest BCUT2D eigenvalue weighted by Crippen LogP contribution is 2.12. The van der Waals surface area contributed by atoms with Gasteiger partial charge in [-0.3, -0.25) is 9.59 Å². The molecule has 0 aliphatic carbocycles. The Kier molecular flexibility index (Phi) is 7.15. The summed E-state index contributed by atoms with van der Waals surface area (Å²) in [5.41, 5.74) is 1.88. The lowest BCUT2D eigenvalue weighted by Crippen LogP contribution is -2.30. The van der Waals surface area contributed by atoms with Crippen LogP contribution >= 0.6 is 0 Å². The van der Waals surface area contributed by atoms with Gasteiger partial charge in [0.15, 0.2) is 5.82 Å². The zero-order chi connectivity index (χ0) is 21.3. The summed E-state index contributed by atoms with van der Waals surface area (Å²) >= 11 is 0. The molecule has 2 aromatic carbocycles. The average Bonchev–Trinajstić information content (AvgIpc) is 3.26. The van der Waals surface area contributed by atoms with E-state index in [-0.39, 0.29) is 11.8 Å². The van der Waals surface area contributed by atoms with Gasteiger partial charge in [0.2, 0.25) is 5.91 Å². The molecule has 0 aliphatic heterocycles. The van der Waals surface area contributed by atoms with Crippen LogP contribution in [-0.4, -0.2) is 47.6 Å². The third-order valence-electron chi connectivity index (χ3n) is 4.57. The number of benzene rings is 2. The van der Waals surface area contributed by atoms with E-state index in [1.54, 1.807) is 19.1 Å². The Morgan fingerprint density at radius 3 is 2.50 bits per heavy atom. The molecule has 0 unspecified atom stereocenters. The third-order valence-corrected chi connectivity index (χ3v) is 4.57. The highest BCUT2D eigenvalue weighted by molar-refractivity contribution is 5.89. The van der Waals surface area contributed by atoms with E-state index in [0.717, 1.165) is 16.9 Å². The van der Waals surface area contributed by atoms with Crippen LogP contribution < -0.4 is 10.1 Å². The van der Waals surface area contributed by atoms with Crippen molar-refractivity contribution in [1.82, 2.24) is 20.4 Å². The van der Waals surface area contributed by atoms with Gasteiger partial charge >= 0.3 is 11.8 Å². The smallest absolute Gasteiger partial charge is 0.315 e. The van der Waals surface area contributed by atoms with Crippen LogP contribution in [0.5, 0.6) is 5.75 Å². The zero-order valence-electron chi connectivity index (χ0n) is 17.0. The molecule has 8 nitrogen and oxygen atoms in total. The Labute approximate surface area is 174 Å². The van der Waals surface area contributed by atoms with Gasteiger partial charge in [-0.2, -0.15) is 4.98 Å². The van der Waals surface area contributed by atoms with E-state index in [1.165, 1.54) is 0 Å². The summed E-state index contributed by atoms with van der Waals surface area (Å²) in [6, 6.07) is 16.9. The molecule has 0 saturated carbocycles. The predicted molar refractivity (Wildman–Crippen MR) is 110 cm³/mol. The molecule has 0 saturated heterocycles. The average molecular weight is 408 g/mol. The van der Waals surface area contributed by atoms with Gasteiger partial charge in [0.1, 0.15) is 5.75 Å². The van der Waals surface area contributed by atoms with Crippen molar-refractivity contribution in [3.8, 4) is 5.75 Å². The minimum Gasteiger partial charge on any atom is -0.497 e. The molecule has 30 heavy (non-hydrogen) atoms. The van der Waals surface area contributed by atoms with Crippen molar-refractivity contribution in [1.29, 1.82) is 0 Å². The quantitative estimate of drug-likeness (QED) is 0.583. The second-order valence-corrected chi connectivity index (χ2v) is 6.77. The van der Waals surface area contributed by atoms with E-state index < -0.39 is 5.91 Å². The van der Waals surface area contributed by atoms with Crippen molar-refractivity contribution in [3.63, 3.8) is 0 Å². The molecule has 0 aliphatic rings. The number of hydrogen-bond donors (Lipinski definition) is 1. The van der Waals surface area contributed by atoms with E-state index >= 15 is 0 Å². The first-order valence-corrected chi connectivity index (χ1v) is 9.57. The topological polar surface area (TPSA) is 97.6 Å². The van der Waals surface area contributed by atoms with E-state index in [1.807, 2.05) is 54.6 Å². The summed E-state index contributed by atoms with van der Waals surface area (Å²) in [4.78, 5) is 30.3. The second-order valence-electron chi connectivity index (χ2n) is 6.77. The number of carbonyl (C=O) groups is 2. The van der Waals surface area contributed by atoms with Gasteiger partial charge < -0.3 is 19.5 Å². The van der Waals surface area contributed by atoms with Crippen LogP contribution in [0.1, 0.15) is 27.6 Å². The number of carbonyl (C=O) groups excluding carboxylic acids is 2. The minimum atomic E-state index is -0.429. The van der Waals surface area contributed by atoms with Crippen LogP contribution in [-0.2, 0) is 24.2 Å². The highest BCUT2D eigenvalue weighted by Gasteiger charge is 2.16. The lowest BCUT2D eigenvalue weighted by atomic mass is 10.1. The molecule has 0 spiro atoms. The first kappa shape index (κ1) is 21.0. The summed E-state index contributed by atoms with van der Waals surface area (Å²) < 4.78 is 10.2. The summed E-state index contributed by atoms with van der Waals surface area (Å²) in [6.07, 6.45) is 0.681. The molecule has 1 aromatic heterocycles. The normalized spacial score (nSPS) is 10.5. The summed E-state index contributed by atoms with van der Waals surface area (Å²) in [5.74, 6) is 0.586. The molecular weight excluding hydrogens is 384 g/mol. The monoisotopic (exact) mass is 408 g/mol. The lowest BCUT2D eigenvalue weighted by molar-refractivity contribution is -0.129. The Morgan fingerprint density at radius 2 is 1.80 bits per heavy atom. The molecule has 0 radical (unpaired) electrons. The van der Waals surface area contributed by atoms with Crippen molar-refractivity contribution in [2.45, 2.75) is 19.4 Å². The van der Waals surface area contributed by atoms with Gasteiger partial charge in [0.25, 0.3) is 0 Å². The van der Waals surface area contributed by atoms with E-state index in [0.29, 0.717) is 31.8 Å². The molecule has 1 N–H and O–H groups in total. The zero-order valence-corrected chi connectivity index (χ0v) is 17.0. The van der Waals surface area contributed by atoms with Crippen LogP contribution in [0, 0.1) is 0 Å². The molecule has 3 rings (SSSR count). The van der Waals surface area contributed by atoms with Gasteiger partial charge in [-0.15, -0.1) is 0 Å². The van der Waals surface area contributed by atoms with Crippen molar-refractivity contribution < 1.29 is 18.8 Å². The van der Waals surface area contributed by atoms with E-state index in [9.17, 15) is 9.59 Å². The number of methoxy groups -OCH3 is 1. The fourth-order valence-electron chi connectivity index (χ4n) is 2.75. The Hall–Kier alpha value is -3.68. The van der Waals surface area contributed by atoms with Gasteiger partial charge in [0.05, 0.1) is 13.5 Å². The van der Waals surface area contributed by atoms with E-state index in [4.69, 9.17) is 9.26 Å². The molecule has 2 amide bonds. The fraction of sp³-hybridized carbons (Fsp3) is 0.273. The molecule has 0 bridgehead atoms. The molecule has 1 heterocycles. The van der Waals surface area contributed by atoms with Crippen LogP contribution in [0.2, 0.25) is 0 Å². The summed E-state index contributed by atoms with van der Waals surface area (Å²) in [7, 11) is 3.32. The lowest BCUT2D eigenvalue weighted by Gasteiger charge is -2.16. The van der Waals surface area contributed by atoms with E-state index in [2.05, 4.69) is 15.5 Å². The van der Waals surface area contributed by atoms with Crippen molar-refractivity contribution in [3.05, 3.63) is 77.4 Å². The SMILES string of the molecule is COc1ccc(CC(=O)N(C)CCc2noc(C(=O)NCc3ccccc3)n2)cc1. The van der Waals surface area contributed by atoms with Crippen molar-refractivity contribution in [2.24, 2.45) is 0 Å². The number of nitrogens with zero attached hydrogens (tertiary/aromatic N) is 3. The number of hydrogen-bond acceptors (Lipinski definition) is 6.